The Bertz CT molecular complexity index is 459. The van der Waals surface area contributed by atoms with Gasteiger partial charge in [-0.1, -0.05) is 26.0 Å². The summed E-state index contributed by atoms with van der Waals surface area (Å²) >= 11 is 0. The van der Waals surface area contributed by atoms with E-state index in [0.29, 0.717) is 6.04 Å². The molecule has 1 saturated heterocycles. The number of benzene rings is 1. The molecule has 1 aromatic carbocycles. The average molecular weight is 243 g/mol. The average Bonchev–Trinajstić information content (AvgIpc) is 2.37. The van der Waals surface area contributed by atoms with Crippen molar-refractivity contribution >= 4 is 5.69 Å². The molecule has 0 spiro atoms. The van der Waals surface area contributed by atoms with Gasteiger partial charge in [-0.05, 0) is 31.0 Å². The molecule has 1 aliphatic heterocycles. The van der Waals surface area contributed by atoms with Crippen LogP contribution in [0.15, 0.2) is 24.3 Å². The second-order valence-corrected chi connectivity index (χ2v) is 5.67. The largest absolute Gasteiger partial charge is 0.370 e. The Balaban J connectivity index is 2.24. The third kappa shape index (κ3) is 2.34. The smallest absolute Gasteiger partial charge is 0.101 e. The second kappa shape index (κ2) is 4.99. The van der Waals surface area contributed by atoms with Gasteiger partial charge in [-0.2, -0.15) is 5.26 Å². The fraction of sp³-hybridized carbons (Fsp3) is 0.533. The van der Waals surface area contributed by atoms with Gasteiger partial charge in [0.15, 0.2) is 0 Å². The number of rotatable bonds is 2. The topological polar surface area (TPSA) is 39.1 Å². The highest BCUT2D eigenvalue weighted by Gasteiger charge is 2.35. The quantitative estimate of drug-likeness (QED) is 0.867. The van der Waals surface area contributed by atoms with Crippen molar-refractivity contribution in [2.24, 2.45) is 5.41 Å². The number of hydrogen-bond acceptors (Lipinski definition) is 3. The van der Waals surface area contributed by atoms with Crippen LogP contribution in [0.3, 0.4) is 0 Å². The molecular weight excluding hydrogens is 222 g/mol. The van der Waals surface area contributed by atoms with Crippen LogP contribution in [-0.2, 0) is 0 Å². The molecule has 1 heterocycles. The molecule has 3 heteroatoms. The van der Waals surface area contributed by atoms with E-state index in [9.17, 15) is 5.26 Å². The molecule has 1 N–H and O–H groups in total. The summed E-state index contributed by atoms with van der Waals surface area (Å²) in [6, 6.07) is 10.7. The zero-order valence-corrected chi connectivity index (χ0v) is 11.4. The first kappa shape index (κ1) is 12.9. The first-order valence-electron chi connectivity index (χ1n) is 6.50. The number of piperidine rings is 1. The second-order valence-electron chi connectivity index (χ2n) is 5.67. The van der Waals surface area contributed by atoms with Crippen molar-refractivity contribution in [2.75, 3.05) is 25.0 Å². The first-order chi connectivity index (χ1) is 8.58. The normalized spacial score (nSPS) is 22.6. The number of para-hydroxylation sites is 1. The van der Waals surface area contributed by atoms with Crippen LogP contribution in [0.5, 0.6) is 0 Å². The molecule has 1 fully saturated rings. The predicted octanol–water partition coefficient (Wildman–Crippen LogP) is 2.38. The van der Waals surface area contributed by atoms with Crippen molar-refractivity contribution in [3.8, 4) is 6.07 Å². The zero-order chi connectivity index (χ0) is 13.2. The van der Waals surface area contributed by atoms with E-state index in [1.807, 2.05) is 31.3 Å². The maximum Gasteiger partial charge on any atom is 0.101 e. The van der Waals surface area contributed by atoms with E-state index < -0.39 is 0 Å². The third-order valence-corrected chi connectivity index (χ3v) is 3.94. The minimum absolute atomic E-state index is 0.218. The zero-order valence-electron chi connectivity index (χ0n) is 11.4. The molecule has 1 atom stereocenters. The summed E-state index contributed by atoms with van der Waals surface area (Å²) in [5.74, 6) is 0. The van der Waals surface area contributed by atoms with Crippen LogP contribution in [0.4, 0.5) is 5.69 Å². The number of nitriles is 1. The molecule has 1 aromatic rings. The Labute approximate surface area is 109 Å². The van der Waals surface area contributed by atoms with Crippen molar-refractivity contribution in [3.63, 3.8) is 0 Å². The molecule has 3 nitrogen and oxygen atoms in total. The van der Waals surface area contributed by atoms with E-state index in [2.05, 4.69) is 30.1 Å². The van der Waals surface area contributed by atoms with Crippen molar-refractivity contribution in [3.05, 3.63) is 29.8 Å². The van der Waals surface area contributed by atoms with E-state index in [4.69, 9.17) is 0 Å². The van der Waals surface area contributed by atoms with Gasteiger partial charge in [0.1, 0.15) is 6.07 Å². The van der Waals surface area contributed by atoms with Crippen molar-refractivity contribution in [2.45, 2.75) is 26.3 Å². The van der Waals surface area contributed by atoms with Crippen LogP contribution < -0.4 is 10.2 Å². The number of nitrogens with one attached hydrogen (secondary N) is 1. The van der Waals surface area contributed by atoms with Crippen LogP contribution >= 0.6 is 0 Å². The lowest BCUT2D eigenvalue weighted by Gasteiger charge is -2.45. The molecular formula is C15H21N3. The maximum atomic E-state index is 9.19. The molecule has 2 rings (SSSR count). The van der Waals surface area contributed by atoms with Crippen LogP contribution in [0.2, 0.25) is 0 Å². The Morgan fingerprint density at radius 3 is 2.72 bits per heavy atom. The molecule has 96 valence electrons. The summed E-state index contributed by atoms with van der Waals surface area (Å²) in [7, 11) is 2.03. The lowest BCUT2D eigenvalue weighted by molar-refractivity contribution is 0.215. The highest BCUT2D eigenvalue weighted by Crippen LogP contribution is 2.33. The number of anilines is 1. The van der Waals surface area contributed by atoms with Crippen molar-refractivity contribution in [1.82, 2.24) is 5.32 Å². The van der Waals surface area contributed by atoms with E-state index in [-0.39, 0.29) is 5.41 Å². The Kier molecular flexibility index (Phi) is 3.58. The Morgan fingerprint density at radius 1 is 1.39 bits per heavy atom. The number of nitrogens with zero attached hydrogens (tertiary/aromatic N) is 2. The van der Waals surface area contributed by atoms with Crippen molar-refractivity contribution in [1.29, 1.82) is 5.26 Å². The molecule has 1 unspecified atom stereocenters. The van der Waals surface area contributed by atoms with Crippen LogP contribution in [-0.4, -0.2) is 26.2 Å². The molecule has 0 aromatic heterocycles. The van der Waals surface area contributed by atoms with E-state index in [1.165, 1.54) is 0 Å². The molecule has 0 radical (unpaired) electrons. The molecule has 0 saturated carbocycles. The Morgan fingerprint density at radius 2 is 2.11 bits per heavy atom. The highest BCUT2D eigenvalue weighted by molar-refractivity contribution is 5.59. The summed E-state index contributed by atoms with van der Waals surface area (Å²) in [5, 5.41) is 12.6. The molecule has 0 bridgehead atoms. The predicted molar refractivity (Wildman–Crippen MR) is 74.6 cm³/mol. The molecule has 18 heavy (non-hydrogen) atoms. The minimum Gasteiger partial charge on any atom is -0.370 e. The van der Waals surface area contributed by atoms with Gasteiger partial charge in [-0.15, -0.1) is 0 Å². The standard InChI is InChI=1S/C15H21N3/c1-15(2)11-18(9-8-14(15)17-3)13-7-5-4-6-12(13)10-16/h4-7,14,17H,8-9,11H2,1-3H3. The summed E-state index contributed by atoms with van der Waals surface area (Å²) in [6.07, 6.45) is 1.11. The van der Waals surface area contributed by atoms with Gasteiger partial charge < -0.3 is 10.2 Å². The monoisotopic (exact) mass is 243 g/mol. The van der Waals surface area contributed by atoms with E-state index in [1.54, 1.807) is 0 Å². The van der Waals surface area contributed by atoms with Crippen LogP contribution in [0.25, 0.3) is 0 Å². The molecule has 0 aliphatic carbocycles. The summed E-state index contributed by atoms with van der Waals surface area (Å²) in [4.78, 5) is 2.34. The highest BCUT2D eigenvalue weighted by atomic mass is 15.2. The van der Waals surface area contributed by atoms with Gasteiger partial charge in [0.2, 0.25) is 0 Å². The van der Waals surface area contributed by atoms with Gasteiger partial charge in [-0.25, -0.2) is 0 Å². The van der Waals surface area contributed by atoms with Gasteiger partial charge in [0, 0.05) is 19.1 Å². The van der Waals surface area contributed by atoms with Gasteiger partial charge >= 0.3 is 0 Å². The lowest BCUT2D eigenvalue weighted by atomic mass is 9.79. The summed E-state index contributed by atoms with van der Waals surface area (Å²) in [6.45, 7) is 6.56. The first-order valence-corrected chi connectivity index (χ1v) is 6.50. The summed E-state index contributed by atoms with van der Waals surface area (Å²) in [5.41, 5.74) is 2.06. The van der Waals surface area contributed by atoms with Gasteiger partial charge in [-0.3, -0.25) is 0 Å². The maximum absolute atomic E-state index is 9.19. The third-order valence-electron chi connectivity index (χ3n) is 3.94. The lowest BCUT2D eigenvalue weighted by Crippen LogP contribution is -2.53. The van der Waals surface area contributed by atoms with E-state index in [0.717, 1.165) is 30.8 Å². The fourth-order valence-electron chi connectivity index (χ4n) is 2.94. The molecule has 1 aliphatic rings. The number of hydrogen-bond donors (Lipinski definition) is 1. The van der Waals surface area contributed by atoms with E-state index >= 15 is 0 Å². The summed E-state index contributed by atoms with van der Waals surface area (Å²) < 4.78 is 0. The minimum atomic E-state index is 0.218. The van der Waals surface area contributed by atoms with Crippen LogP contribution in [0, 0.1) is 16.7 Å². The van der Waals surface area contributed by atoms with Crippen LogP contribution in [0.1, 0.15) is 25.8 Å². The molecule has 0 amide bonds. The van der Waals surface area contributed by atoms with Gasteiger partial charge in [0.05, 0.1) is 11.3 Å². The fourth-order valence-corrected chi connectivity index (χ4v) is 2.94. The Hall–Kier alpha value is -1.53. The SMILES string of the molecule is CNC1CCN(c2ccccc2C#N)CC1(C)C. The van der Waals surface area contributed by atoms with Crippen molar-refractivity contribution < 1.29 is 0 Å². The van der Waals surface area contributed by atoms with Gasteiger partial charge in [0.25, 0.3) is 0 Å².